The van der Waals surface area contributed by atoms with Gasteiger partial charge in [-0.2, -0.15) is 0 Å². The number of non-ortho nitro benzene ring substituents is 1. The molecule has 0 aliphatic heterocycles. The molecule has 0 fully saturated rings. The molecule has 2 aromatic carbocycles. The molecule has 7 heteroatoms. The molecule has 0 saturated heterocycles. The first-order valence-corrected chi connectivity index (χ1v) is 6.19. The van der Waals surface area contributed by atoms with Crippen LogP contribution in [0, 0.1) is 15.9 Å². The van der Waals surface area contributed by atoms with E-state index < -0.39 is 16.5 Å². The summed E-state index contributed by atoms with van der Waals surface area (Å²) in [6, 6.07) is 7.54. The Hall–Kier alpha value is -2.47. The van der Waals surface area contributed by atoms with Crippen LogP contribution in [0.15, 0.2) is 36.4 Å². The van der Waals surface area contributed by atoms with E-state index >= 15 is 0 Å². The number of nitrogens with zero attached hydrogens (tertiary/aromatic N) is 1. The van der Waals surface area contributed by atoms with Gasteiger partial charge in [0.25, 0.3) is 5.69 Å². The number of ketones is 1. The molecule has 0 amide bonds. The van der Waals surface area contributed by atoms with Gasteiger partial charge in [-0.05, 0) is 25.1 Å². The van der Waals surface area contributed by atoms with Gasteiger partial charge in [-0.25, -0.2) is 4.39 Å². The quantitative estimate of drug-likeness (QED) is 0.477. The van der Waals surface area contributed by atoms with E-state index in [1.54, 1.807) is 0 Å². The van der Waals surface area contributed by atoms with Gasteiger partial charge in [-0.15, -0.1) is 0 Å². The summed E-state index contributed by atoms with van der Waals surface area (Å²) >= 11 is 5.89. The summed E-state index contributed by atoms with van der Waals surface area (Å²) in [5, 5.41) is 10.6. The number of halogens is 2. The zero-order valence-corrected chi connectivity index (χ0v) is 11.6. The van der Waals surface area contributed by atoms with E-state index in [2.05, 4.69) is 0 Å². The lowest BCUT2D eigenvalue weighted by molar-refractivity contribution is -0.384. The zero-order chi connectivity index (χ0) is 15.6. The first-order chi connectivity index (χ1) is 9.90. The Morgan fingerprint density at radius 1 is 1.29 bits per heavy atom. The highest BCUT2D eigenvalue weighted by molar-refractivity contribution is 6.32. The number of Topliss-reactive ketones (excluding diaryl/α,β-unsaturated/α-hetero) is 1. The molecule has 2 aromatic rings. The standard InChI is InChI=1S/C14H9ClFNO4/c1-8(18)14-11(16)3-2-4-13(14)21-12-6-5-9(17(19)20)7-10(12)15/h2-7H,1H3. The van der Waals surface area contributed by atoms with E-state index in [9.17, 15) is 19.3 Å². The number of nitro groups is 1. The van der Waals surface area contributed by atoms with Crippen molar-refractivity contribution in [3.05, 3.63) is 62.9 Å². The van der Waals surface area contributed by atoms with Crippen molar-refractivity contribution in [2.24, 2.45) is 0 Å². The van der Waals surface area contributed by atoms with Gasteiger partial charge in [0.05, 0.1) is 15.5 Å². The number of rotatable bonds is 4. The van der Waals surface area contributed by atoms with Gasteiger partial charge >= 0.3 is 0 Å². The van der Waals surface area contributed by atoms with E-state index in [4.69, 9.17) is 16.3 Å². The molecule has 0 atom stereocenters. The van der Waals surface area contributed by atoms with Crippen LogP contribution >= 0.6 is 11.6 Å². The van der Waals surface area contributed by atoms with Crippen molar-refractivity contribution in [1.82, 2.24) is 0 Å². The minimum atomic E-state index is -0.710. The molecule has 0 aromatic heterocycles. The summed E-state index contributed by atoms with van der Waals surface area (Å²) in [5.41, 5.74) is -0.398. The largest absolute Gasteiger partial charge is 0.455 e. The number of hydrogen-bond acceptors (Lipinski definition) is 4. The van der Waals surface area contributed by atoms with Crippen molar-refractivity contribution in [1.29, 1.82) is 0 Å². The molecule has 0 bridgehead atoms. The Labute approximate surface area is 124 Å². The molecule has 0 aliphatic rings. The van der Waals surface area contributed by atoms with Crippen LogP contribution in [0.4, 0.5) is 10.1 Å². The van der Waals surface area contributed by atoms with Crippen LogP contribution in [0.1, 0.15) is 17.3 Å². The first-order valence-electron chi connectivity index (χ1n) is 5.81. The molecule has 108 valence electrons. The molecule has 5 nitrogen and oxygen atoms in total. The highest BCUT2D eigenvalue weighted by Crippen LogP contribution is 2.34. The lowest BCUT2D eigenvalue weighted by Crippen LogP contribution is -2.01. The smallest absolute Gasteiger partial charge is 0.271 e. The Morgan fingerprint density at radius 2 is 2.00 bits per heavy atom. The third-order valence-electron chi connectivity index (χ3n) is 2.67. The van der Waals surface area contributed by atoms with Crippen LogP contribution in [0.5, 0.6) is 11.5 Å². The average molecular weight is 310 g/mol. The summed E-state index contributed by atoms with van der Waals surface area (Å²) in [6.45, 7) is 1.21. The fourth-order valence-corrected chi connectivity index (χ4v) is 1.95. The van der Waals surface area contributed by atoms with E-state index in [1.165, 1.54) is 31.2 Å². The number of hydrogen-bond donors (Lipinski definition) is 0. The second-order valence-electron chi connectivity index (χ2n) is 4.14. The minimum absolute atomic E-state index is 0.00162. The molecular formula is C14H9ClFNO4. The second kappa shape index (κ2) is 5.88. The Bertz CT molecular complexity index is 733. The van der Waals surface area contributed by atoms with Crippen LogP contribution in [0.3, 0.4) is 0 Å². The molecule has 0 unspecified atom stereocenters. The summed E-state index contributed by atoms with van der Waals surface area (Å²) in [6.07, 6.45) is 0. The lowest BCUT2D eigenvalue weighted by atomic mass is 10.1. The Kier molecular flexibility index (Phi) is 4.18. The normalized spacial score (nSPS) is 10.2. The summed E-state index contributed by atoms with van der Waals surface area (Å²) in [4.78, 5) is 21.5. The van der Waals surface area contributed by atoms with E-state index in [-0.39, 0.29) is 27.8 Å². The zero-order valence-electron chi connectivity index (χ0n) is 10.8. The van der Waals surface area contributed by atoms with Gasteiger partial charge < -0.3 is 4.74 Å². The summed E-state index contributed by atoms with van der Waals surface area (Å²) in [5.74, 6) is -1.12. The van der Waals surface area contributed by atoms with Crippen LogP contribution in [0.25, 0.3) is 0 Å². The molecule has 21 heavy (non-hydrogen) atoms. The van der Waals surface area contributed by atoms with Gasteiger partial charge in [-0.3, -0.25) is 14.9 Å². The molecule has 0 spiro atoms. The van der Waals surface area contributed by atoms with Gasteiger partial charge in [0.1, 0.15) is 17.3 Å². The predicted molar refractivity (Wildman–Crippen MR) is 74.6 cm³/mol. The Balaban J connectivity index is 2.42. The van der Waals surface area contributed by atoms with Crippen LogP contribution in [0.2, 0.25) is 5.02 Å². The fourth-order valence-electron chi connectivity index (χ4n) is 1.74. The summed E-state index contributed by atoms with van der Waals surface area (Å²) < 4.78 is 19.1. The predicted octanol–water partition coefficient (Wildman–Crippen LogP) is 4.38. The number of carbonyl (C=O) groups is 1. The number of carbonyl (C=O) groups excluding carboxylic acids is 1. The van der Waals surface area contributed by atoms with Crippen LogP contribution in [-0.4, -0.2) is 10.7 Å². The monoisotopic (exact) mass is 309 g/mol. The number of ether oxygens (including phenoxy) is 1. The second-order valence-corrected chi connectivity index (χ2v) is 4.55. The van der Waals surface area contributed by atoms with Crippen molar-refractivity contribution in [2.45, 2.75) is 6.92 Å². The molecule has 0 saturated carbocycles. The highest BCUT2D eigenvalue weighted by atomic mass is 35.5. The van der Waals surface area contributed by atoms with Crippen molar-refractivity contribution >= 4 is 23.1 Å². The van der Waals surface area contributed by atoms with E-state index in [0.717, 1.165) is 12.1 Å². The molecule has 2 rings (SSSR count). The SMILES string of the molecule is CC(=O)c1c(F)cccc1Oc1ccc([N+](=O)[O-])cc1Cl. The van der Waals surface area contributed by atoms with E-state index in [0.29, 0.717) is 0 Å². The molecule has 0 heterocycles. The van der Waals surface area contributed by atoms with Gasteiger partial charge in [0.2, 0.25) is 0 Å². The van der Waals surface area contributed by atoms with Crippen LogP contribution < -0.4 is 4.74 Å². The van der Waals surface area contributed by atoms with Crippen molar-refractivity contribution < 1.29 is 18.8 Å². The summed E-state index contributed by atoms with van der Waals surface area (Å²) in [7, 11) is 0. The Morgan fingerprint density at radius 3 is 2.57 bits per heavy atom. The first kappa shape index (κ1) is 14.9. The number of nitro benzene ring substituents is 1. The van der Waals surface area contributed by atoms with Gasteiger partial charge in [0.15, 0.2) is 5.78 Å². The lowest BCUT2D eigenvalue weighted by Gasteiger charge is -2.11. The maximum absolute atomic E-state index is 13.7. The average Bonchev–Trinajstić information content (AvgIpc) is 2.40. The van der Waals surface area contributed by atoms with Crippen LogP contribution in [-0.2, 0) is 0 Å². The molecule has 0 N–H and O–H groups in total. The molecular weight excluding hydrogens is 301 g/mol. The third-order valence-corrected chi connectivity index (χ3v) is 2.97. The van der Waals surface area contributed by atoms with E-state index in [1.807, 2.05) is 0 Å². The topological polar surface area (TPSA) is 69.4 Å². The highest BCUT2D eigenvalue weighted by Gasteiger charge is 2.17. The van der Waals surface area contributed by atoms with Gasteiger partial charge in [-0.1, -0.05) is 17.7 Å². The van der Waals surface area contributed by atoms with Crippen molar-refractivity contribution in [3.63, 3.8) is 0 Å². The van der Waals surface area contributed by atoms with Crippen molar-refractivity contribution in [2.75, 3.05) is 0 Å². The maximum atomic E-state index is 13.7. The van der Waals surface area contributed by atoms with Crippen molar-refractivity contribution in [3.8, 4) is 11.5 Å². The van der Waals surface area contributed by atoms with Gasteiger partial charge in [0, 0.05) is 12.1 Å². The fraction of sp³-hybridized carbons (Fsp3) is 0.0714. The number of benzene rings is 2. The maximum Gasteiger partial charge on any atom is 0.271 e. The minimum Gasteiger partial charge on any atom is -0.455 e. The molecule has 0 aliphatic carbocycles. The molecule has 0 radical (unpaired) electrons. The third kappa shape index (κ3) is 3.17.